The fourth-order valence-electron chi connectivity index (χ4n) is 4.42. The number of aliphatic hydroxyl groups is 2. The quantitative estimate of drug-likeness (QED) is 0.424. The van der Waals surface area contributed by atoms with E-state index in [-0.39, 0.29) is 25.5 Å². The summed E-state index contributed by atoms with van der Waals surface area (Å²) in [6, 6.07) is 5.04. The molecule has 1 unspecified atom stereocenters. The number of carbonyl (C=O) groups is 3. The van der Waals surface area contributed by atoms with Crippen molar-refractivity contribution in [3.05, 3.63) is 41.0 Å². The summed E-state index contributed by atoms with van der Waals surface area (Å²) in [6.45, 7) is 12.4. The van der Waals surface area contributed by atoms with Crippen molar-refractivity contribution >= 4 is 29.1 Å². The number of rotatable bonds is 7. The number of likely N-dealkylation sites (tertiary alicyclic amines) is 1. The molecule has 4 atom stereocenters. The summed E-state index contributed by atoms with van der Waals surface area (Å²) in [5.41, 5.74) is 3.11. The fraction of sp³-hybridized carbons (Fsp3) is 0.571. The van der Waals surface area contributed by atoms with Gasteiger partial charge in [0.2, 0.25) is 17.7 Å². The molecular weight excluding hydrogens is 504 g/mol. The Morgan fingerprint density at radius 2 is 1.74 bits per heavy atom. The fourth-order valence-corrected chi connectivity index (χ4v) is 5.23. The van der Waals surface area contributed by atoms with E-state index in [1.165, 1.54) is 4.90 Å². The number of hydrogen-bond donors (Lipinski definition) is 4. The summed E-state index contributed by atoms with van der Waals surface area (Å²) < 4.78 is 0. The summed E-state index contributed by atoms with van der Waals surface area (Å²) in [4.78, 5) is 46.5. The molecule has 1 aliphatic rings. The van der Waals surface area contributed by atoms with Gasteiger partial charge in [-0.15, -0.1) is 11.3 Å². The van der Waals surface area contributed by atoms with E-state index in [0.29, 0.717) is 5.56 Å². The maximum absolute atomic E-state index is 13.7. The van der Waals surface area contributed by atoms with Crippen LogP contribution in [-0.2, 0) is 14.4 Å². The zero-order valence-electron chi connectivity index (χ0n) is 23.2. The molecule has 208 valence electrons. The summed E-state index contributed by atoms with van der Waals surface area (Å²) in [7, 11) is 0. The maximum atomic E-state index is 13.7. The average molecular weight is 545 g/mol. The number of aliphatic hydroxyl groups excluding tert-OH is 2. The molecule has 1 aromatic carbocycles. The monoisotopic (exact) mass is 544 g/mol. The molecule has 9 nitrogen and oxygen atoms in total. The van der Waals surface area contributed by atoms with Crippen molar-refractivity contribution in [2.45, 2.75) is 79.1 Å². The van der Waals surface area contributed by atoms with Crippen LogP contribution in [0.15, 0.2) is 29.8 Å². The van der Waals surface area contributed by atoms with Crippen molar-refractivity contribution in [1.82, 2.24) is 20.5 Å². The zero-order valence-corrected chi connectivity index (χ0v) is 24.1. The minimum absolute atomic E-state index is 0.0123. The lowest BCUT2D eigenvalue weighted by molar-refractivity contribution is -0.145. The molecule has 0 spiro atoms. The van der Waals surface area contributed by atoms with Crippen LogP contribution in [0.3, 0.4) is 0 Å². The van der Waals surface area contributed by atoms with Gasteiger partial charge < -0.3 is 25.7 Å². The van der Waals surface area contributed by atoms with Crippen LogP contribution < -0.4 is 10.6 Å². The highest BCUT2D eigenvalue weighted by Gasteiger charge is 2.45. The van der Waals surface area contributed by atoms with Crippen molar-refractivity contribution < 1.29 is 24.6 Å². The average Bonchev–Trinajstić information content (AvgIpc) is 3.44. The van der Waals surface area contributed by atoms with Gasteiger partial charge in [0.15, 0.2) is 0 Å². The molecular formula is C28H40N4O5S. The predicted octanol–water partition coefficient (Wildman–Crippen LogP) is 2.81. The first kappa shape index (κ1) is 29.7. The van der Waals surface area contributed by atoms with Crippen molar-refractivity contribution in [1.29, 1.82) is 0 Å². The molecule has 1 aromatic heterocycles. The molecule has 2 heterocycles. The van der Waals surface area contributed by atoms with Crippen LogP contribution in [0.5, 0.6) is 0 Å². The molecule has 0 aliphatic carbocycles. The molecule has 1 fully saturated rings. The van der Waals surface area contributed by atoms with E-state index < -0.39 is 46.9 Å². The van der Waals surface area contributed by atoms with Gasteiger partial charge in [0, 0.05) is 18.4 Å². The molecule has 10 heteroatoms. The lowest BCUT2D eigenvalue weighted by Gasteiger charge is -2.36. The Balaban J connectivity index is 1.78. The van der Waals surface area contributed by atoms with Gasteiger partial charge in [0.1, 0.15) is 12.1 Å². The van der Waals surface area contributed by atoms with Crippen molar-refractivity contribution in [2.24, 2.45) is 10.8 Å². The lowest BCUT2D eigenvalue weighted by Crippen LogP contribution is -2.59. The van der Waals surface area contributed by atoms with E-state index in [4.69, 9.17) is 0 Å². The van der Waals surface area contributed by atoms with Gasteiger partial charge in [0.25, 0.3) is 0 Å². The van der Waals surface area contributed by atoms with Gasteiger partial charge in [0.05, 0.1) is 34.8 Å². The van der Waals surface area contributed by atoms with E-state index in [1.807, 2.05) is 52.0 Å². The third-order valence-electron chi connectivity index (χ3n) is 6.75. The van der Waals surface area contributed by atoms with Crippen LogP contribution >= 0.6 is 11.3 Å². The van der Waals surface area contributed by atoms with Crippen molar-refractivity contribution in [2.75, 3.05) is 13.2 Å². The number of aromatic nitrogens is 1. The maximum Gasteiger partial charge on any atom is 0.246 e. The lowest BCUT2D eigenvalue weighted by atomic mass is 9.84. The third-order valence-corrected chi connectivity index (χ3v) is 7.73. The minimum atomic E-state index is -0.929. The molecule has 0 saturated carbocycles. The number of β-amino-alcohol motifs (C(OH)–C–C–N with tert-alkyl or cyclic N) is 1. The van der Waals surface area contributed by atoms with Gasteiger partial charge >= 0.3 is 0 Å². The number of aryl methyl sites for hydroxylation is 1. The van der Waals surface area contributed by atoms with Gasteiger partial charge in [-0.3, -0.25) is 14.4 Å². The SMILES string of the molecule is Cc1ncsc1-c1ccc(C(CO)NC(=O)[C@@H]2C[C@@H](O)CN2C(=O)[C@@H](NC(=O)C(C)(C)C)C(C)(C)C)cc1. The third kappa shape index (κ3) is 6.78. The first-order valence-corrected chi connectivity index (χ1v) is 13.7. The Hall–Kier alpha value is -2.82. The Morgan fingerprint density at radius 3 is 2.24 bits per heavy atom. The second kappa shape index (κ2) is 11.5. The second-order valence-electron chi connectivity index (χ2n) is 12.1. The van der Waals surface area contributed by atoms with Gasteiger partial charge in [-0.25, -0.2) is 4.98 Å². The Morgan fingerprint density at radius 1 is 1.11 bits per heavy atom. The van der Waals surface area contributed by atoms with E-state index >= 15 is 0 Å². The van der Waals surface area contributed by atoms with E-state index in [0.717, 1.165) is 16.1 Å². The van der Waals surface area contributed by atoms with Gasteiger partial charge in [-0.05, 0) is 23.5 Å². The summed E-state index contributed by atoms with van der Waals surface area (Å²) in [5.74, 6) is -1.16. The minimum Gasteiger partial charge on any atom is -0.394 e. The van der Waals surface area contributed by atoms with Crippen molar-refractivity contribution in [3.8, 4) is 10.4 Å². The van der Waals surface area contributed by atoms with Crippen LogP contribution in [0.25, 0.3) is 10.4 Å². The number of amides is 3. The van der Waals surface area contributed by atoms with Gasteiger partial charge in [-0.1, -0.05) is 65.8 Å². The number of hydrogen-bond acceptors (Lipinski definition) is 7. The molecule has 0 bridgehead atoms. The first-order chi connectivity index (χ1) is 17.6. The van der Waals surface area contributed by atoms with Gasteiger partial charge in [-0.2, -0.15) is 0 Å². The molecule has 38 heavy (non-hydrogen) atoms. The molecule has 2 aromatic rings. The zero-order chi connectivity index (χ0) is 28.4. The van der Waals surface area contributed by atoms with E-state index in [2.05, 4.69) is 15.6 Å². The molecule has 3 rings (SSSR count). The molecule has 1 saturated heterocycles. The van der Waals surface area contributed by atoms with Crippen molar-refractivity contribution in [3.63, 3.8) is 0 Å². The van der Waals surface area contributed by atoms with Crippen LogP contribution in [0.2, 0.25) is 0 Å². The molecule has 4 N–H and O–H groups in total. The van der Waals surface area contributed by atoms with Crippen LogP contribution in [0.1, 0.15) is 65.3 Å². The summed E-state index contributed by atoms with van der Waals surface area (Å²) >= 11 is 1.54. The Bertz CT molecular complexity index is 1150. The number of nitrogens with zero attached hydrogens (tertiary/aromatic N) is 2. The highest BCUT2D eigenvalue weighted by atomic mass is 32.1. The topological polar surface area (TPSA) is 132 Å². The summed E-state index contributed by atoms with van der Waals surface area (Å²) in [5, 5.41) is 26.2. The first-order valence-electron chi connectivity index (χ1n) is 12.8. The largest absolute Gasteiger partial charge is 0.394 e. The Labute approximate surface area is 228 Å². The summed E-state index contributed by atoms with van der Waals surface area (Å²) in [6.07, 6.45) is -0.799. The van der Waals surface area contributed by atoms with Crippen LogP contribution in [0.4, 0.5) is 0 Å². The number of benzene rings is 1. The number of thiazole rings is 1. The second-order valence-corrected chi connectivity index (χ2v) is 12.9. The highest BCUT2D eigenvalue weighted by Crippen LogP contribution is 2.30. The van der Waals surface area contributed by atoms with Crippen LogP contribution in [0, 0.1) is 17.8 Å². The Kier molecular flexibility index (Phi) is 9.00. The van der Waals surface area contributed by atoms with E-state index in [1.54, 1.807) is 37.6 Å². The van der Waals surface area contributed by atoms with E-state index in [9.17, 15) is 24.6 Å². The highest BCUT2D eigenvalue weighted by molar-refractivity contribution is 7.13. The molecule has 3 amide bonds. The predicted molar refractivity (Wildman–Crippen MR) is 147 cm³/mol. The molecule has 1 aliphatic heterocycles. The standard InChI is InChI=1S/C28H40N4O5S/c1-16-22(38-15-29-16)18-10-8-17(9-11-18)20(14-33)30-24(35)21-12-19(34)13-32(21)25(36)23(27(2,3)4)31-26(37)28(5,6)7/h8-11,15,19-21,23,33-34H,12-14H2,1-7H3,(H,30,35)(H,31,37)/t19-,20?,21+,23-/m1/s1. The number of carbonyl (C=O) groups excluding carboxylic acids is 3. The molecule has 0 radical (unpaired) electrons. The van der Waals surface area contributed by atoms with Crippen LogP contribution in [-0.4, -0.2) is 69.2 Å². The number of nitrogens with one attached hydrogen (secondary N) is 2. The normalized spacial score (nSPS) is 19.7. The smallest absolute Gasteiger partial charge is 0.246 e.